The first-order valence-corrected chi connectivity index (χ1v) is 8.27. The van der Waals surface area contributed by atoms with Crippen LogP contribution in [-0.2, 0) is 16.9 Å². The van der Waals surface area contributed by atoms with Gasteiger partial charge in [0.2, 0.25) is 5.91 Å². The second-order valence-corrected chi connectivity index (χ2v) is 6.63. The number of nitrogens with one attached hydrogen (secondary N) is 1. The summed E-state index contributed by atoms with van der Waals surface area (Å²) in [5.41, 5.74) is 7.29. The lowest BCUT2D eigenvalue weighted by Gasteiger charge is -2.28. The molecule has 0 aliphatic rings. The third kappa shape index (κ3) is 6.16. The van der Waals surface area contributed by atoms with E-state index in [0.717, 1.165) is 18.7 Å². The molecule has 0 bridgehead atoms. The molecular formula is C20H28ClN3O. The average Bonchev–Trinajstić information content (AvgIpc) is 2.56. The number of likely N-dealkylation sites (N-methyl/N-ethyl adjacent to an activating group) is 1. The van der Waals surface area contributed by atoms with Crippen LogP contribution in [0, 0.1) is 0 Å². The van der Waals surface area contributed by atoms with Gasteiger partial charge in [-0.2, -0.15) is 0 Å². The molecule has 0 saturated heterocycles. The SMILES string of the molecule is CC(CN(C)Cc1ccccc1)NC(=O)C(C)(N)c1ccccc1.Cl. The predicted octanol–water partition coefficient (Wildman–Crippen LogP) is 2.92. The number of benzene rings is 2. The number of carbonyl (C=O) groups excluding carboxylic acids is 1. The van der Waals surface area contributed by atoms with E-state index in [1.54, 1.807) is 6.92 Å². The van der Waals surface area contributed by atoms with Gasteiger partial charge < -0.3 is 16.0 Å². The number of rotatable bonds is 7. The van der Waals surface area contributed by atoms with Crippen LogP contribution in [0.2, 0.25) is 0 Å². The fourth-order valence-corrected chi connectivity index (χ4v) is 2.76. The summed E-state index contributed by atoms with van der Waals surface area (Å²) in [6.45, 7) is 5.35. The van der Waals surface area contributed by atoms with Crippen LogP contribution in [0.5, 0.6) is 0 Å². The molecule has 2 aromatic rings. The van der Waals surface area contributed by atoms with E-state index in [4.69, 9.17) is 5.73 Å². The molecule has 2 unspecified atom stereocenters. The quantitative estimate of drug-likeness (QED) is 0.797. The summed E-state index contributed by atoms with van der Waals surface area (Å²) >= 11 is 0. The standard InChI is InChI=1S/C20H27N3O.ClH/c1-16(14-23(3)15-17-10-6-4-7-11-17)22-19(24)20(2,21)18-12-8-5-9-13-18;/h4-13,16H,14-15,21H2,1-3H3,(H,22,24);1H. The van der Waals surface area contributed by atoms with E-state index in [0.29, 0.717) is 0 Å². The van der Waals surface area contributed by atoms with Crippen LogP contribution in [-0.4, -0.2) is 30.4 Å². The fourth-order valence-electron chi connectivity index (χ4n) is 2.76. The zero-order chi connectivity index (χ0) is 17.6. The molecule has 4 nitrogen and oxygen atoms in total. The van der Waals surface area contributed by atoms with Gasteiger partial charge in [0.05, 0.1) is 0 Å². The second kappa shape index (κ2) is 9.56. The minimum Gasteiger partial charge on any atom is -0.350 e. The zero-order valence-electron chi connectivity index (χ0n) is 15.1. The minimum atomic E-state index is -1.03. The highest BCUT2D eigenvalue weighted by atomic mass is 35.5. The Morgan fingerprint density at radius 3 is 2.20 bits per heavy atom. The molecule has 3 N–H and O–H groups in total. The molecule has 2 atom stereocenters. The summed E-state index contributed by atoms with van der Waals surface area (Å²) in [6, 6.07) is 19.8. The lowest BCUT2D eigenvalue weighted by Crippen LogP contribution is -2.53. The number of hydrogen-bond acceptors (Lipinski definition) is 3. The van der Waals surface area contributed by atoms with Crippen LogP contribution in [0.15, 0.2) is 60.7 Å². The van der Waals surface area contributed by atoms with E-state index in [2.05, 4.69) is 29.4 Å². The Labute approximate surface area is 156 Å². The van der Waals surface area contributed by atoms with Crippen molar-refractivity contribution >= 4 is 18.3 Å². The Kier molecular flexibility index (Phi) is 8.10. The summed E-state index contributed by atoms with van der Waals surface area (Å²) in [5.74, 6) is -0.158. The topological polar surface area (TPSA) is 58.4 Å². The van der Waals surface area contributed by atoms with Gasteiger partial charge in [0.15, 0.2) is 0 Å². The summed E-state index contributed by atoms with van der Waals surface area (Å²) in [4.78, 5) is 14.8. The first-order valence-electron chi connectivity index (χ1n) is 8.27. The van der Waals surface area contributed by atoms with E-state index in [-0.39, 0.29) is 24.4 Å². The Balaban J connectivity index is 0.00000312. The van der Waals surface area contributed by atoms with Crippen molar-refractivity contribution in [1.29, 1.82) is 0 Å². The molecule has 136 valence electrons. The Morgan fingerprint density at radius 2 is 1.64 bits per heavy atom. The highest BCUT2D eigenvalue weighted by Crippen LogP contribution is 2.17. The lowest BCUT2D eigenvalue weighted by atomic mass is 9.92. The molecule has 0 saturated carbocycles. The van der Waals surface area contributed by atoms with Crippen molar-refractivity contribution in [2.75, 3.05) is 13.6 Å². The third-order valence-electron chi connectivity index (χ3n) is 4.10. The van der Waals surface area contributed by atoms with E-state index in [1.165, 1.54) is 5.56 Å². The molecule has 1 amide bonds. The van der Waals surface area contributed by atoms with E-state index < -0.39 is 5.54 Å². The molecule has 2 rings (SSSR count). The van der Waals surface area contributed by atoms with E-state index in [9.17, 15) is 4.79 Å². The smallest absolute Gasteiger partial charge is 0.244 e. The van der Waals surface area contributed by atoms with Gasteiger partial charge in [0.1, 0.15) is 5.54 Å². The van der Waals surface area contributed by atoms with Gasteiger partial charge in [-0.05, 0) is 32.0 Å². The highest BCUT2D eigenvalue weighted by Gasteiger charge is 2.31. The largest absolute Gasteiger partial charge is 0.350 e. The Hall–Kier alpha value is -1.88. The molecule has 0 aliphatic carbocycles. The number of halogens is 1. The Morgan fingerprint density at radius 1 is 1.12 bits per heavy atom. The average molecular weight is 362 g/mol. The van der Waals surface area contributed by atoms with Crippen LogP contribution >= 0.6 is 12.4 Å². The van der Waals surface area contributed by atoms with Crippen molar-refractivity contribution in [3.8, 4) is 0 Å². The highest BCUT2D eigenvalue weighted by molar-refractivity contribution is 5.87. The van der Waals surface area contributed by atoms with Crippen molar-refractivity contribution in [2.45, 2.75) is 32.0 Å². The maximum absolute atomic E-state index is 12.6. The van der Waals surface area contributed by atoms with Crippen LogP contribution in [0.4, 0.5) is 0 Å². The number of hydrogen-bond donors (Lipinski definition) is 2. The fraction of sp³-hybridized carbons (Fsp3) is 0.350. The van der Waals surface area contributed by atoms with E-state index in [1.807, 2.05) is 55.5 Å². The molecule has 0 aromatic heterocycles. The van der Waals surface area contributed by atoms with Crippen molar-refractivity contribution in [1.82, 2.24) is 10.2 Å². The van der Waals surface area contributed by atoms with Crippen molar-refractivity contribution in [3.05, 3.63) is 71.8 Å². The summed E-state index contributed by atoms with van der Waals surface area (Å²) < 4.78 is 0. The molecule has 0 fully saturated rings. The van der Waals surface area contributed by atoms with Gasteiger partial charge >= 0.3 is 0 Å². The van der Waals surface area contributed by atoms with Gasteiger partial charge in [0, 0.05) is 19.1 Å². The zero-order valence-corrected chi connectivity index (χ0v) is 15.9. The van der Waals surface area contributed by atoms with E-state index >= 15 is 0 Å². The molecule has 0 spiro atoms. The summed E-state index contributed by atoms with van der Waals surface area (Å²) in [6.07, 6.45) is 0. The van der Waals surface area contributed by atoms with Gasteiger partial charge in [0.25, 0.3) is 0 Å². The number of nitrogens with zero attached hydrogens (tertiary/aromatic N) is 1. The third-order valence-corrected chi connectivity index (χ3v) is 4.10. The summed E-state index contributed by atoms with van der Waals surface area (Å²) in [5, 5.41) is 3.03. The molecule has 25 heavy (non-hydrogen) atoms. The number of amides is 1. The number of nitrogens with two attached hydrogens (primary N) is 1. The normalized spacial score (nSPS) is 14.3. The van der Waals surface area contributed by atoms with Gasteiger partial charge in [-0.15, -0.1) is 12.4 Å². The van der Waals surface area contributed by atoms with Crippen LogP contribution in [0.1, 0.15) is 25.0 Å². The first kappa shape index (κ1) is 21.2. The Bertz CT molecular complexity index is 647. The molecule has 0 heterocycles. The van der Waals surface area contributed by atoms with Crippen molar-refractivity contribution in [3.63, 3.8) is 0 Å². The predicted molar refractivity (Wildman–Crippen MR) is 106 cm³/mol. The van der Waals surface area contributed by atoms with Crippen LogP contribution < -0.4 is 11.1 Å². The lowest BCUT2D eigenvalue weighted by molar-refractivity contribution is -0.126. The maximum atomic E-state index is 12.6. The maximum Gasteiger partial charge on any atom is 0.244 e. The second-order valence-electron chi connectivity index (χ2n) is 6.63. The number of carbonyl (C=O) groups is 1. The molecule has 0 aliphatic heterocycles. The van der Waals surface area contributed by atoms with Crippen LogP contribution in [0.3, 0.4) is 0 Å². The minimum absolute atomic E-state index is 0. The molecular weight excluding hydrogens is 334 g/mol. The van der Waals surface area contributed by atoms with Crippen molar-refractivity contribution < 1.29 is 4.79 Å². The first-order chi connectivity index (χ1) is 11.4. The van der Waals surface area contributed by atoms with Gasteiger partial charge in [-0.3, -0.25) is 4.79 Å². The van der Waals surface area contributed by atoms with Gasteiger partial charge in [-0.1, -0.05) is 60.7 Å². The van der Waals surface area contributed by atoms with Crippen LogP contribution in [0.25, 0.3) is 0 Å². The molecule has 2 aromatic carbocycles. The molecule has 0 radical (unpaired) electrons. The molecule has 5 heteroatoms. The van der Waals surface area contributed by atoms with Crippen molar-refractivity contribution in [2.24, 2.45) is 5.73 Å². The summed E-state index contributed by atoms with van der Waals surface area (Å²) in [7, 11) is 2.05. The van der Waals surface area contributed by atoms with Gasteiger partial charge in [-0.25, -0.2) is 0 Å². The monoisotopic (exact) mass is 361 g/mol.